The van der Waals surface area contributed by atoms with Gasteiger partial charge in [0.1, 0.15) is 0 Å². The largest absolute Gasteiger partial charge is 0.501 e. The van der Waals surface area contributed by atoms with E-state index in [1.807, 2.05) is 0 Å². The van der Waals surface area contributed by atoms with E-state index in [0.29, 0.717) is 4.73 Å². The maximum Gasteiger partial charge on any atom is 0.501 e. The van der Waals surface area contributed by atoms with E-state index in [9.17, 15) is 18.4 Å². The summed E-state index contributed by atoms with van der Waals surface area (Å²) < 4.78 is 31.5. The van der Waals surface area contributed by atoms with Crippen LogP contribution in [-0.4, -0.2) is 18.4 Å². The quantitative estimate of drug-likeness (QED) is 0.678. The van der Waals surface area contributed by atoms with Gasteiger partial charge < -0.3 is 13.6 Å². The van der Waals surface area contributed by atoms with E-state index in [1.165, 1.54) is 12.1 Å². The number of pyridine rings is 1. The second-order valence-electron chi connectivity index (χ2n) is 3.37. The van der Waals surface area contributed by atoms with Gasteiger partial charge in [-0.1, -0.05) is 12.1 Å². The Labute approximate surface area is 94.7 Å². The summed E-state index contributed by atoms with van der Waals surface area (Å²) in [4.78, 5) is 11.6. The van der Waals surface area contributed by atoms with E-state index in [-0.39, 0.29) is 16.7 Å². The normalized spacial score (nSPS) is 16.2. The van der Waals surface area contributed by atoms with Crippen LogP contribution >= 0.6 is 0 Å². The molecule has 0 aliphatic carbocycles. The highest BCUT2D eigenvalue weighted by Gasteiger charge is 2.34. The highest BCUT2D eigenvalue weighted by atomic mass is 32.3. The van der Waals surface area contributed by atoms with Crippen LogP contribution in [0, 0.1) is 0 Å². The van der Waals surface area contributed by atoms with Crippen LogP contribution in [0.5, 0.6) is 11.5 Å². The van der Waals surface area contributed by atoms with Crippen molar-refractivity contribution in [3.63, 3.8) is 0 Å². The van der Waals surface area contributed by atoms with Crippen molar-refractivity contribution in [2.24, 2.45) is 0 Å². The molecular formula is C9H5NO6S. The molecule has 0 spiro atoms. The van der Waals surface area contributed by atoms with E-state index < -0.39 is 21.7 Å². The first-order valence-electron chi connectivity index (χ1n) is 4.50. The van der Waals surface area contributed by atoms with Crippen LogP contribution in [0.2, 0.25) is 0 Å². The van der Waals surface area contributed by atoms with Gasteiger partial charge in [0.05, 0.1) is 5.52 Å². The van der Waals surface area contributed by atoms with Crippen molar-refractivity contribution < 1.29 is 22.0 Å². The summed E-state index contributed by atoms with van der Waals surface area (Å²) in [6.07, 6.45) is 0. The zero-order valence-electron chi connectivity index (χ0n) is 8.15. The van der Waals surface area contributed by atoms with Gasteiger partial charge in [-0.05, 0) is 12.1 Å². The third kappa shape index (κ3) is 1.27. The molecule has 0 saturated carbocycles. The minimum atomic E-state index is -4.26. The van der Waals surface area contributed by atoms with E-state index in [2.05, 4.69) is 8.37 Å². The summed E-state index contributed by atoms with van der Waals surface area (Å²) in [5.41, 5.74) is -0.850. The average Bonchev–Trinajstić information content (AvgIpc) is 2.62. The SMILES string of the molecule is O=c1c2c(c3ccccc3n1O)OS(=O)(=O)O2. The Balaban J connectivity index is 2.54. The molecule has 3 rings (SSSR count). The second kappa shape index (κ2) is 2.92. The molecule has 1 aliphatic heterocycles. The van der Waals surface area contributed by atoms with Crippen molar-refractivity contribution >= 4 is 21.3 Å². The highest BCUT2D eigenvalue weighted by molar-refractivity contribution is 7.82. The van der Waals surface area contributed by atoms with Crippen molar-refractivity contribution in [1.29, 1.82) is 0 Å². The Kier molecular flexibility index (Phi) is 1.71. The third-order valence-electron chi connectivity index (χ3n) is 2.34. The number of aromatic nitrogens is 1. The molecule has 0 radical (unpaired) electrons. The van der Waals surface area contributed by atoms with Gasteiger partial charge in [0, 0.05) is 5.39 Å². The molecular weight excluding hydrogens is 250 g/mol. The Morgan fingerprint density at radius 1 is 1.12 bits per heavy atom. The highest BCUT2D eigenvalue weighted by Crippen LogP contribution is 2.38. The smallest absolute Gasteiger partial charge is 0.425 e. The van der Waals surface area contributed by atoms with Gasteiger partial charge in [0.2, 0.25) is 5.75 Å². The minimum Gasteiger partial charge on any atom is -0.425 e. The first-order chi connectivity index (χ1) is 7.99. The van der Waals surface area contributed by atoms with Crippen LogP contribution in [0.15, 0.2) is 29.1 Å². The molecule has 0 amide bonds. The molecule has 8 heteroatoms. The first kappa shape index (κ1) is 9.97. The van der Waals surface area contributed by atoms with Crippen LogP contribution in [0.4, 0.5) is 0 Å². The number of hydrogen-bond donors (Lipinski definition) is 1. The number of nitrogens with zero attached hydrogens (tertiary/aromatic N) is 1. The summed E-state index contributed by atoms with van der Waals surface area (Å²) in [7, 11) is -4.26. The van der Waals surface area contributed by atoms with Gasteiger partial charge >= 0.3 is 16.0 Å². The Morgan fingerprint density at radius 2 is 1.76 bits per heavy atom. The molecule has 7 nitrogen and oxygen atoms in total. The maximum atomic E-state index is 11.6. The van der Waals surface area contributed by atoms with Gasteiger partial charge in [-0.2, -0.15) is 0 Å². The molecule has 88 valence electrons. The molecule has 0 saturated heterocycles. The average molecular weight is 255 g/mol. The number of rotatable bonds is 0. The fourth-order valence-electron chi connectivity index (χ4n) is 1.65. The maximum absolute atomic E-state index is 11.6. The van der Waals surface area contributed by atoms with E-state index >= 15 is 0 Å². The Hall–Kier alpha value is -2.22. The number of benzene rings is 1. The van der Waals surface area contributed by atoms with Crippen molar-refractivity contribution in [3.05, 3.63) is 34.6 Å². The molecule has 1 aliphatic rings. The van der Waals surface area contributed by atoms with Gasteiger partial charge in [-0.25, -0.2) is 0 Å². The predicted octanol–water partition coefficient (Wildman–Crippen LogP) is 0.255. The molecule has 1 N–H and O–H groups in total. The van der Waals surface area contributed by atoms with Crippen LogP contribution in [-0.2, 0) is 10.4 Å². The van der Waals surface area contributed by atoms with Crippen molar-refractivity contribution in [1.82, 2.24) is 4.73 Å². The molecule has 1 aromatic heterocycles. The zero-order valence-corrected chi connectivity index (χ0v) is 8.97. The number of hydrogen-bond acceptors (Lipinski definition) is 6. The van der Waals surface area contributed by atoms with E-state index in [4.69, 9.17) is 0 Å². The molecule has 0 unspecified atom stereocenters. The first-order valence-corrected chi connectivity index (χ1v) is 5.84. The Bertz CT molecular complexity index is 791. The van der Waals surface area contributed by atoms with Crippen LogP contribution in [0.3, 0.4) is 0 Å². The number of para-hydroxylation sites is 1. The molecule has 0 fully saturated rings. The summed E-state index contributed by atoms with van der Waals surface area (Å²) in [6, 6.07) is 6.16. The molecule has 1 aromatic carbocycles. The standard InChI is InChI=1S/C9H5NO6S/c11-9-8-7(15-17(13,14)16-8)5-3-1-2-4-6(5)10(9)12/h1-4,12H. The van der Waals surface area contributed by atoms with Gasteiger partial charge in [0.15, 0.2) is 0 Å². The summed E-state index contributed by atoms with van der Waals surface area (Å²) in [5.74, 6) is -0.734. The Morgan fingerprint density at radius 3 is 2.53 bits per heavy atom. The molecule has 2 heterocycles. The van der Waals surface area contributed by atoms with Gasteiger partial charge in [-0.15, -0.1) is 13.1 Å². The van der Waals surface area contributed by atoms with Gasteiger partial charge in [-0.3, -0.25) is 4.79 Å². The molecule has 0 bridgehead atoms. The van der Waals surface area contributed by atoms with Crippen LogP contribution in [0.25, 0.3) is 10.9 Å². The summed E-state index contributed by atoms with van der Waals surface area (Å²) >= 11 is 0. The van der Waals surface area contributed by atoms with Crippen LogP contribution < -0.4 is 13.9 Å². The molecule has 2 aromatic rings. The molecule has 17 heavy (non-hydrogen) atoms. The van der Waals surface area contributed by atoms with Crippen molar-refractivity contribution in [2.75, 3.05) is 0 Å². The lowest BCUT2D eigenvalue weighted by molar-refractivity contribution is 0.186. The zero-order chi connectivity index (χ0) is 12.2. The van der Waals surface area contributed by atoms with Gasteiger partial charge in [0.25, 0.3) is 5.75 Å². The van der Waals surface area contributed by atoms with Crippen LogP contribution in [0.1, 0.15) is 0 Å². The lowest BCUT2D eigenvalue weighted by atomic mass is 10.2. The second-order valence-corrected chi connectivity index (χ2v) is 4.52. The minimum absolute atomic E-state index is 0.136. The lowest BCUT2D eigenvalue weighted by Gasteiger charge is -2.03. The molecule has 0 atom stereocenters. The van der Waals surface area contributed by atoms with Crippen molar-refractivity contribution in [2.45, 2.75) is 0 Å². The predicted molar refractivity (Wildman–Crippen MR) is 55.6 cm³/mol. The third-order valence-corrected chi connectivity index (χ3v) is 3.08. The fourth-order valence-corrected chi connectivity index (χ4v) is 2.41. The summed E-state index contributed by atoms with van der Waals surface area (Å²) in [5, 5.41) is 9.84. The summed E-state index contributed by atoms with van der Waals surface area (Å²) in [6.45, 7) is 0. The van der Waals surface area contributed by atoms with E-state index in [0.717, 1.165) is 0 Å². The topological polar surface area (TPSA) is 94.8 Å². The van der Waals surface area contributed by atoms with E-state index in [1.54, 1.807) is 12.1 Å². The van der Waals surface area contributed by atoms with Crippen molar-refractivity contribution in [3.8, 4) is 11.5 Å². The number of fused-ring (bicyclic) bond motifs is 3. The fraction of sp³-hybridized carbons (Fsp3) is 0. The monoisotopic (exact) mass is 255 g/mol. The lowest BCUT2D eigenvalue weighted by Crippen LogP contribution is -2.19.